The molecule has 0 saturated carbocycles. The molecular formula is C10H8ClF3INO3. The van der Waals surface area contributed by atoms with Gasteiger partial charge in [-0.15, -0.1) is 24.8 Å². The number of carbonyl (C=O) groups excluding carboxylic acids is 1. The highest BCUT2D eigenvalue weighted by Gasteiger charge is 2.34. The van der Waals surface area contributed by atoms with Crippen molar-refractivity contribution in [2.24, 2.45) is 0 Å². The summed E-state index contributed by atoms with van der Waals surface area (Å²) in [5.74, 6) is -1.57. The van der Waals surface area contributed by atoms with Crippen molar-refractivity contribution in [3.05, 3.63) is 21.0 Å². The molecule has 0 unspecified atom stereocenters. The van der Waals surface area contributed by atoms with Gasteiger partial charge in [0.25, 0.3) is 0 Å². The van der Waals surface area contributed by atoms with Crippen LogP contribution in [0.15, 0.2) is 6.20 Å². The Morgan fingerprint density at radius 3 is 2.63 bits per heavy atom. The van der Waals surface area contributed by atoms with Gasteiger partial charge in [-0.3, -0.25) is 0 Å². The van der Waals surface area contributed by atoms with E-state index in [2.05, 4.69) is 9.72 Å². The van der Waals surface area contributed by atoms with Crippen molar-refractivity contribution < 1.29 is 27.4 Å². The van der Waals surface area contributed by atoms with Gasteiger partial charge in [-0.1, -0.05) is 0 Å². The van der Waals surface area contributed by atoms with Crippen molar-refractivity contribution in [1.29, 1.82) is 0 Å². The molecule has 9 heteroatoms. The molecule has 0 aliphatic rings. The Morgan fingerprint density at radius 1 is 1.53 bits per heavy atom. The number of nitrogens with zero attached hydrogens (tertiary/aromatic N) is 1. The van der Waals surface area contributed by atoms with Gasteiger partial charge >= 0.3 is 12.3 Å². The lowest BCUT2D eigenvalue weighted by Crippen LogP contribution is -2.20. The predicted molar refractivity (Wildman–Crippen MR) is 69.2 cm³/mol. The summed E-state index contributed by atoms with van der Waals surface area (Å²) in [6, 6.07) is 0. The second-order valence-corrected chi connectivity index (χ2v) is 4.52. The molecular weight excluding hydrogens is 401 g/mol. The second kappa shape index (κ2) is 6.60. The summed E-state index contributed by atoms with van der Waals surface area (Å²) in [6.07, 6.45) is -3.82. The van der Waals surface area contributed by atoms with Crippen molar-refractivity contribution in [3.63, 3.8) is 0 Å². The standard InChI is InChI=1S/C10H8ClF3INO3/c1-2-18-9(17)7-6(15)8(19-10(12,13)14)5(3-11)4-16-7/h4H,2-3H2,1H3. The van der Waals surface area contributed by atoms with E-state index in [4.69, 9.17) is 16.3 Å². The first-order chi connectivity index (χ1) is 8.80. The summed E-state index contributed by atoms with van der Waals surface area (Å²) >= 11 is 7.06. The lowest BCUT2D eigenvalue weighted by Gasteiger charge is -2.15. The van der Waals surface area contributed by atoms with Gasteiger partial charge in [0, 0.05) is 11.8 Å². The number of hydrogen-bond donors (Lipinski definition) is 0. The highest BCUT2D eigenvalue weighted by Crippen LogP contribution is 2.33. The van der Waals surface area contributed by atoms with Gasteiger partial charge in [-0.05, 0) is 29.5 Å². The van der Waals surface area contributed by atoms with Crippen LogP contribution in [0.3, 0.4) is 0 Å². The van der Waals surface area contributed by atoms with Crippen LogP contribution in [0.1, 0.15) is 23.0 Å². The molecule has 1 rings (SSSR count). The number of alkyl halides is 4. The zero-order chi connectivity index (χ0) is 14.6. The Labute approximate surface area is 125 Å². The number of rotatable bonds is 4. The van der Waals surface area contributed by atoms with E-state index in [1.165, 1.54) is 22.6 Å². The summed E-state index contributed by atoms with van der Waals surface area (Å²) < 4.78 is 45.4. The Kier molecular flexibility index (Phi) is 5.65. The van der Waals surface area contributed by atoms with Gasteiger partial charge in [0.15, 0.2) is 11.4 Å². The molecule has 0 aliphatic carbocycles. The molecule has 106 valence electrons. The minimum absolute atomic E-state index is 0.0384. The van der Waals surface area contributed by atoms with Gasteiger partial charge < -0.3 is 9.47 Å². The largest absolute Gasteiger partial charge is 0.573 e. The summed E-state index contributed by atoms with van der Waals surface area (Å²) in [5, 5.41) is 0. The lowest BCUT2D eigenvalue weighted by atomic mass is 10.2. The maximum Gasteiger partial charge on any atom is 0.573 e. The number of esters is 1. The molecule has 1 heterocycles. The second-order valence-electron chi connectivity index (χ2n) is 3.18. The molecule has 4 nitrogen and oxygen atoms in total. The highest BCUT2D eigenvalue weighted by atomic mass is 127. The fourth-order valence-electron chi connectivity index (χ4n) is 1.17. The van der Waals surface area contributed by atoms with Crippen molar-refractivity contribution in [2.75, 3.05) is 6.61 Å². The molecule has 0 amide bonds. The zero-order valence-electron chi connectivity index (χ0n) is 9.55. The van der Waals surface area contributed by atoms with Crippen molar-refractivity contribution in [2.45, 2.75) is 19.2 Å². The molecule has 0 N–H and O–H groups in total. The molecule has 0 spiro atoms. The number of pyridine rings is 1. The highest BCUT2D eigenvalue weighted by molar-refractivity contribution is 14.1. The average molecular weight is 410 g/mol. The van der Waals surface area contributed by atoms with Gasteiger partial charge in [-0.2, -0.15) is 0 Å². The van der Waals surface area contributed by atoms with E-state index in [0.717, 1.165) is 6.20 Å². The lowest BCUT2D eigenvalue weighted by molar-refractivity contribution is -0.275. The summed E-state index contributed by atoms with van der Waals surface area (Å²) in [6.45, 7) is 1.66. The quantitative estimate of drug-likeness (QED) is 0.434. The molecule has 0 fully saturated rings. The predicted octanol–water partition coefficient (Wildman–Crippen LogP) is 3.50. The van der Waals surface area contributed by atoms with E-state index in [-0.39, 0.29) is 27.3 Å². The van der Waals surface area contributed by atoms with Crippen LogP contribution in [-0.4, -0.2) is 23.9 Å². The minimum atomic E-state index is -4.88. The van der Waals surface area contributed by atoms with E-state index in [9.17, 15) is 18.0 Å². The van der Waals surface area contributed by atoms with E-state index in [1.807, 2.05) is 0 Å². The van der Waals surface area contributed by atoms with Crippen LogP contribution in [0.2, 0.25) is 0 Å². The molecule has 0 radical (unpaired) electrons. The SMILES string of the molecule is CCOC(=O)c1ncc(CCl)c(OC(F)(F)F)c1I. The van der Waals surface area contributed by atoms with Crippen LogP contribution in [0, 0.1) is 3.57 Å². The Balaban J connectivity index is 3.25. The van der Waals surface area contributed by atoms with Crippen molar-refractivity contribution in [1.82, 2.24) is 4.98 Å². The molecule has 1 aromatic heterocycles. The van der Waals surface area contributed by atoms with E-state index >= 15 is 0 Å². The molecule has 0 aliphatic heterocycles. The van der Waals surface area contributed by atoms with Gasteiger partial charge in [0.1, 0.15) is 0 Å². The van der Waals surface area contributed by atoms with Crippen molar-refractivity contribution in [3.8, 4) is 5.75 Å². The molecule has 1 aromatic rings. The van der Waals surface area contributed by atoms with Crippen LogP contribution < -0.4 is 4.74 Å². The fraction of sp³-hybridized carbons (Fsp3) is 0.400. The third kappa shape index (κ3) is 4.37. The van der Waals surface area contributed by atoms with Crippen LogP contribution in [0.4, 0.5) is 13.2 Å². The normalized spacial score (nSPS) is 11.3. The molecule has 0 saturated heterocycles. The molecule has 0 bridgehead atoms. The Morgan fingerprint density at radius 2 is 2.16 bits per heavy atom. The van der Waals surface area contributed by atoms with E-state index < -0.39 is 18.1 Å². The summed E-state index contributed by atoms with van der Waals surface area (Å²) in [5.41, 5.74) is -0.202. The first-order valence-electron chi connectivity index (χ1n) is 4.96. The van der Waals surface area contributed by atoms with Gasteiger partial charge in [0.2, 0.25) is 0 Å². The maximum absolute atomic E-state index is 12.3. The minimum Gasteiger partial charge on any atom is -0.461 e. The fourth-order valence-corrected chi connectivity index (χ4v) is 2.18. The summed E-state index contributed by atoms with van der Waals surface area (Å²) in [7, 11) is 0. The third-order valence-corrected chi connectivity index (χ3v) is 3.17. The first-order valence-corrected chi connectivity index (χ1v) is 6.57. The van der Waals surface area contributed by atoms with Gasteiger partial charge in [0.05, 0.1) is 16.1 Å². The van der Waals surface area contributed by atoms with Crippen LogP contribution in [0.5, 0.6) is 5.75 Å². The molecule has 0 aromatic carbocycles. The smallest absolute Gasteiger partial charge is 0.461 e. The van der Waals surface area contributed by atoms with Crippen LogP contribution in [0.25, 0.3) is 0 Å². The molecule has 0 atom stereocenters. The number of hydrogen-bond acceptors (Lipinski definition) is 4. The number of ether oxygens (including phenoxy) is 2. The monoisotopic (exact) mass is 409 g/mol. The van der Waals surface area contributed by atoms with E-state index in [1.54, 1.807) is 6.92 Å². The van der Waals surface area contributed by atoms with Crippen LogP contribution >= 0.6 is 34.2 Å². The third-order valence-electron chi connectivity index (χ3n) is 1.88. The Hall–Kier alpha value is -0.770. The molecule has 19 heavy (non-hydrogen) atoms. The summed E-state index contributed by atoms with van der Waals surface area (Å²) in [4.78, 5) is 15.3. The topological polar surface area (TPSA) is 48.4 Å². The Bertz CT molecular complexity index is 482. The van der Waals surface area contributed by atoms with Crippen LogP contribution in [-0.2, 0) is 10.6 Å². The maximum atomic E-state index is 12.3. The first kappa shape index (κ1) is 16.3. The number of aromatic nitrogens is 1. The number of carbonyl (C=O) groups is 1. The van der Waals surface area contributed by atoms with Gasteiger partial charge in [-0.25, -0.2) is 9.78 Å². The van der Waals surface area contributed by atoms with Crippen molar-refractivity contribution >= 4 is 40.2 Å². The number of halogens is 5. The average Bonchev–Trinajstić information content (AvgIpc) is 2.30. The zero-order valence-corrected chi connectivity index (χ0v) is 12.5. The van der Waals surface area contributed by atoms with E-state index in [0.29, 0.717) is 0 Å².